The van der Waals surface area contributed by atoms with Gasteiger partial charge in [0.2, 0.25) is 0 Å². The van der Waals surface area contributed by atoms with Crippen LogP contribution >= 0.6 is 22.7 Å². The number of primary amides is 1. The molecule has 0 aliphatic rings. The third-order valence-corrected chi connectivity index (χ3v) is 4.04. The monoisotopic (exact) mass is 311 g/mol. The first-order chi connectivity index (χ1) is 9.54. The van der Waals surface area contributed by atoms with E-state index in [-0.39, 0.29) is 18.3 Å². The van der Waals surface area contributed by atoms with Crippen LogP contribution in [0.5, 0.6) is 0 Å². The van der Waals surface area contributed by atoms with Crippen LogP contribution in [0.2, 0.25) is 0 Å². The number of amides is 3. The number of nitrogens with one attached hydrogen (secondary N) is 2. The van der Waals surface area contributed by atoms with Crippen molar-refractivity contribution >= 4 is 34.6 Å². The second-order valence-corrected chi connectivity index (χ2v) is 6.15. The zero-order valence-electron chi connectivity index (χ0n) is 10.7. The summed E-state index contributed by atoms with van der Waals surface area (Å²) in [7, 11) is 0. The van der Waals surface area contributed by atoms with Crippen LogP contribution in [0.15, 0.2) is 11.6 Å². The van der Waals surface area contributed by atoms with E-state index in [1.165, 1.54) is 22.7 Å². The Morgan fingerprint density at radius 2 is 2.00 bits per heavy atom. The molecule has 2 rings (SSSR count). The fourth-order valence-electron chi connectivity index (χ4n) is 1.36. The number of nitrogens with two attached hydrogens (primary N) is 1. The number of carbonyl (C=O) groups excluding carboxylic acids is 2. The second-order valence-electron chi connectivity index (χ2n) is 3.89. The van der Waals surface area contributed by atoms with Gasteiger partial charge in [-0.15, -0.1) is 22.7 Å². The van der Waals surface area contributed by atoms with Gasteiger partial charge in [0.1, 0.15) is 15.7 Å². The van der Waals surface area contributed by atoms with Gasteiger partial charge in [0.15, 0.2) is 0 Å². The first kappa shape index (κ1) is 14.4. The summed E-state index contributed by atoms with van der Waals surface area (Å²) >= 11 is 2.81. The van der Waals surface area contributed by atoms with Crippen LogP contribution in [0.3, 0.4) is 0 Å². The van der Waals surface area contributed by atoms with Gasteiger partial charge < -0.3 is 16.4 Å². The van der Waals surface area contributed by atoms with Gasteiger partial charge in [-0.05, 0) is 6.92 Å². The highest BCUT2D eigenvalue weighted by Gasteiger charge is 2.08. The van der Waals surface area contributed by atoms with Gasteiger partial charge in [0.05, 0.1) is 13.1 Å². The summed E-state index contributed by atoms with van der Waals surface area (Å²) < 4.78 is 0. The van der Waals surface area contributed by atoms with Crippen molar-refractivity contribution in [3.8, 4) is 0 Å². The molecule has 0 unspecified atom stereocenters. The molecule has 4 N–H and O–H groups in total. The van der Waals surface area contributed by atoms with E-state index < -0.39 is 5.91 Å². The zero-order chi connectivity index (χ0) is 14.5. The third kappa shape index (κ3) is 4.00. The molecule has 0 spiro atoms. The molecule has 0 aliphatic carbocycles. The van der Waals surface area contributed by atoms with Crippen molar-refractivity contribution < 1.29 is 9.59 Å². The van der Waals surface area contributed by atoms with E-state index >= 15 is 0 Å². The van der Waals surface area contributed by atoms with Crippen molar-refractivity contribution in [2.75, 3.05) is 0 Å². The van der Waals surface area contributed by atoms with E-state index in [0.717, 1.165) is 9.88 Å². The SMILES string of the molecule is Cc1cnc(CNC(=O)NCc2nc(C(N)=O)cs2)s1. The molecule has 20 heavy (non-hydrogen) atoms. The van der Waals surface area contributed by atoms with Crippen LogP contribution < -0.4 is 16.4 Å². The Hall–Kier alpha value is -2.00. The van der Waals surface area contributed by atoms with Crippen LogP contribution in [-0.4, -0.2) is 21.9 Å². The first-order valence-electron chi connectivity index (χ1n) is 5.72. The Balaban J connectivity index is 1.75. The average Bonchev–Trinajstić information content (AvgIpc) is 3.03. The van der Waals surface area contributed by atoms with Crippen LogP contribution in [0.4, 0.5) is 4.79 Å². The van der Waals surface area contributed by atoms with Gasteiger partial charge in [-0.25, -0.2) is 14.8 Å². The molecule has 2 aromatic heterocycles. The lowest BCUT2D eigenvalue weighted by atomic mass is 10.5. The number of urea groups is 1. The standard InChI is InChI=1S/C11H13N5O2S2/c1-6-2-13-8(20-6)3-14-11(18)15-4-9-16-7(5-19-9)10(12)17/h2,5H,3-4H2,1H3,(H2,12,17)(H2,14,15,18). The summed E-state index contributed by atoms with van der Waals surface area (Å²) in [6.07, 6.45) is 1.76. The molecule has 0 bridgehead atoms. The summed E-state index contributed by atoms with van der Waals surface area (Å²) in [4.78, 5) is 31.7. The average molecular weight is 311 g/mol. The maximum absolute atomic E-state index is 11.6. The van der Waals surface area contributed by atoms with E-state index in [4.69, 9.17) is 5.73 Å². The Bertz CT molecular complexity index is 622. The quantitative estimate of drug-likeness (QED) is 0.765. The minimum Gasteiger partial charge on any atom is -0.364 e. The number of aryl methyl sites for hydroxylation is 1. The molecule has 0 saturated heterocycles. The summed E-state index contributed by atoms with van der Waals surface area (Å²) in [5, 5.41) is 8.39. The van der Waals surface area contributed by atoms with E-state index in [1.54, 1.807) is 11.6 Å². The summed E-state index contributed by atoms with van der Waals surface area (Å²) in [5.74, 6) is -0.573. The zero-order valence-corrected chi connectivity index (χ0v) is 12.3. The van der Waals surface area contributed by atoms with Crippen molar-refractivity contribution in [2.24, 2.45) is 5.73 Å². The lowest BCUT2D eigenvalue weighted by Crippen LogP contribution is -2.34. The van der Waals surface area contributed by atoms with Gasteiger partial charge in [-0.1, -0.05) is 0 Å². The molecule has 2 heterocycles. The number of hydrogen-bond acceptors (Lipinski definition) is 6. The van der Waals surface area contributed by atoms with Crippen molar-refractivity contribution in [3.63, 3.8) is 0 Å². The highest BCUT2D eigenvalue weighted by atomic mass is 32.1. The molecular formula is C11H13N5O2S2. The van der Waals surface area contributed by atoms with E-state index in [1.807, 2.05) is 6.92 Å². The lowest BCUT2D eigenvalue weighted by molar-refractivity contribution is 0.0996. The Morgan fingerprint density at radius 3 is 2.55 bits per heavy atom. The molecule has 0 aromatic carbocycles. The summed E-state index contributed by atoms with van der Waals surface area (Å²) in [5.41, 5.74) is 5.31. The van der Waals surface area contributed by atoms with Gasteiger partial charge >= 0.3 is 6.03 Å². The second kappa shape index (κ2) is 6.44. The Morgan fingerprint density at radius 1 is 1.30 bits per heavy atom. The number of carbonyl (C=O) groups is 2. The van der Waals surface area contributed by atoms with Crippen LogP contribution in [0, 0.1) is 6.92 Å². The van der Waals surface area contributed by atoms with Crippen molar-refractivity contribution in [1.29, 1.82) is 0 Å². The fraction of sp³-hybridized carbons (Fsp3) is 0.273. The minimum atomic E-state index is -0.573. The summed E-state index contributed by atoms with van der Waals surface area (Å²) in [6.45, 7) is 2.59. The molecule has 9 heteroatoms. The van der Waals surface area contributed by atoms with Gasteiger partial charge in [0.25, 0.3) is 5.91 Å². The molecule has 106 valence electrons. The highest BCUT2D eigenvalue weighted by molar-refractivity contribution is 7.11. The van der Waals surface area contributed by atoms with E-state index in [2.05, 4.69) is 20.6 Å². The first-order valence-corrected chi connectivity index (χ1v) is 7.41. The maximum atomic E-state index is 11.6. The van der Waals surface area contributed by atoms with Gasteiger partial charge in [0, 0.05) is 16.5 Å². The van der Waals surface area contributed by atoms with Crippen molar-refractivity contribution in [3.05, 3.63) is 32.2 Å². The molecule has 0 radical (unpaired) electrons. The normalized spacial score (nSPS) is 10.2. The maximum Gasteiger partial charge on any atom is 0.315 e. The highest BCUT2D eigenvalue weighted by Crippen LogP contribution is 2.10. The Labute approximate surface area is 123 Å². The predicted molar refractivity (Wildman–Crippen MR) is 76.6 cm³/mol. The van der Waals surface area contributed by atoms with E-state index in [0.29, 0.717) is 11.6 Å². The largest absolute Gasteiger partial charge is 0.364 e. The molecule has 0 fully saturated rings. The van der Waals surface area contributed by atoms with Crippen LogP contribution in [0.1, 0.15) is 25.4 Å². The van der Waals surface area contributed by atoms with Gasteiger partial charge in [-0.2, -0.15) is 0 Å². The fourth-order valence-corrected chi connectivity index (χ4v) is 2.81. The number of rotatable bonds is 5. The van der Waals surface area contributed by atoms with Gasteiger partial charge in [-0.3, -0.25) is 4.79 Å². The number of thiazole rings is 2. The lowest BCUT2D eigenvalue weighted by Gasteiger charge is -2.04. The number of hydrogen-bond donors (Lipinski definition) is 3. The number of nitrogens with zero attached hydrogens (tertiary/aromatic N) is 2. The minimum absolute atomic E-state index is 0.213. The summed E-state index contributed by atoms with van der Waals surface area (Å²) in [6, 6.07) is -0.311. The van der Waals surface area contributed by atoms with Crippen molar-refractivity contribution in [2.45, 2.75) is 20.0 Å². The molecule has 7 nitrogen and oxygen atoms in total. The predicted octanol–water partition coefficient (Wildman–Crippen LogP) is 1.01. The third-order valence-electron chi connectivity index (χ3n) is 2.27. The number of aromatic nitrogens is 2. The molecule has 0 saturated carbocycles. The van der Waals surface area contributed by atoms with Crippen LogP contribution in [-0.2, 0) is 13.1 Å². The molecule has 0 aliphatic heterocycles. The topological polar surface area (TPSA) is 110 Å². The molecule has 2 aromatic rings. The molecule has 0 atom stereocenters. The van der Waals surface area contributed by atoms with E-state index in [9.17, 15) is 9.59 Å². The smallest absolute Gasteiger partial charge is 0.315 e. The molecule has 3 amide bonds. The molecular weight excluding hydrogens is 298 g/mol. The Kier molecular flexibility index (Phi) is 4.64. The van der Waals surface area contributed by atoms with Crippen molar-refractivity contribution in [1.82, 2.24) is 20.6 Å². The van der Waals surface area contributed by atoms with Crippen LogP contribution in [0.25, 0.3) is 0 Å².